The van der Waals surface area contributed by atoms with Gasteiger partial charge in [0.1, 0.15) is 0 Å². The quantitative estimate of drug-likeness (QED) is 0.924. The third kappa shape index (κ3) is 3.64. The molecule has 0 aromatic heterocycles. The van der Waals surface area contributed by atoms with Crippen LogP contribution in [0.4, 0.5) is 5.69 Å². The van der Waals surface area contributed by atoms with Gasteiger partial charge < -0.3 is 10.0 Å². The van der Waals surface area contributed by atoms with E-state index in [2.05, 4.69) is 0 Å². The molecule has 1 aromatic carbocycles. The number of nitrogens with zero attached hydrogens (tertiary/aromatic N) is 1. The zero-order valence-electron chi connectivity index (χ0n) is 12.0. The number of anilines is 1. The van der Waals surface area contributed by atoms with E-state index in [0.29, 0.717) is 24.4 Å². The lowest BCUT2D eigenvalue weighted by molar-refractivity contribution is -0.117. The molecule has 2 rings (SSSR count). The monoisotopic (exact) mass is 307 g/mol. The smallest absolute Gasteiger partial charge is 0.337 e. The van der Waals surface area contributed by atoms with Crippen LogP contribution >= 0.6 is 11.8 Å². The lowest BCUT2D eigenvalue weighted by atomic mass is 10.1. The standard InChI is InChI=1S/C15H17NO4S/c1-9-3-4-12(15(19)20)13(5-9)16-7-11(6-14(16)18)8-21-10(2)17/h3-5,11H,6-8H2,1-2H3,(H,19,20). The fourth-order valence-electron chi connectivity index (χ4n) is 2.41. The normalized spacial score (nSPS) is 18.1. The van der Waals surface area contributed by atoms with Crippen molar-refractivity contribution in [1.82, 2.24) is 0 Å². The molecule has 112 valence electrons. The van der Waals surface area contributed by atoms with Crippen molar-refractivity contribution in [1.29, 1.82) is 0 Å². The molecule has 1 unspecified atom stereocenters. The van der Waals surface area contributed by atoms with Gasteiger partial charge in [0.25, 0.3) is 0 Å². The molecule has 6 heteroatoms. The topological polar surface area (TPSA) is 74.7 Å². The van der Waals surface area contributed by atoms with E-state index in [9.17, 15) is 19.5 Å². The van der Waals surface area contributed by atoms with Crippen molar-refractivity contribution in [3.63, 3.8) is 0 Å². The third-order valence-electron chi connectivity index (χ3n) is 3.40. The number of benzene rings is 1. The molecule has 1 N–H and O–H groups in total. The van der Waals surface area contributed by atoms with Crippen molar-refractivity contribution >= 4 is 34.4 Å². The fraction of sp³-hybridized carbons (Fsp3) is 0.400. The van der Waals surface area contributed by atoms with E-state index in [1.54, 1.807) is 12.1 Å². The average Bonchev–Trinajstić information content (AvgIpc) is 2.77. The van der Waals surface area contributed by atoms with E-state index in [0.717, 1.165) is 5.56 Å². The summed E-state index contributed by atoms with van der Waals surface area (Å²) >= 11 is 1.21. The Balaban J connectivity index is 2.22. The van der Waals surface area contributed by atoms with Gasteiger partial charge >= 0.3 is 5.97 Å². The minimum absolute atomic E-state index is 0.0303. The van der Waals surface area contributed by atoms with Crippen LogP contribution in [0, 0.1) is 12.8 Å². The highest BCUT2D eigenvalue weighted by molar-refractivity contribution is 8.13. The van der Waals surface area contributed by atoms with E-state index in [1.807, 2.05) is 6.92 Å². The molecule has 0 radical (unpaired) electrons. The Kier molecular flexibility index (Phi) is 4.67. The summed E-state index contributed by atoms with van der Waals surface area (Å²) in [7, 11) is 0. The lowest BCUT2D eigenvalue weighted by Gasteiger charge is -2.19. The Bertz CT molecular complexity index is 599. The first-order chi connectivity index (χ1) is 9.88. The van der Waals surface area contributed by atoms with Crippen LogP contribution in [-0.4, -0.2) is 34.4 Å². The van der Waals surface area contributed by atoms with Gasteiger partial charge in [0.05, 0.1) is 11.3 Å². The van der Waals surface area contributed by atoms with Gasteiger partial charge in [0.15, 0.2) is 5.12 Å². The molecular weight excluding hydrogens is 290 g/mol. The zero-order chi connectivity index (χ0) is 15.6. The van der Waals surface area contributed by atoms with Crippen LogP contribution in [0.1, 0.15) is 29.3 Å². The number of rotatable bonds is 4. The molecular formula is C15H17NO4S. The van der Waals surface area contributed by atoms with Gasteiger partial charge in [-0.2, -0.15) is 0 Å². The number of carbonyl (C=O) groups excluding carboxylic acids is 2. The van der Waals surface area contributed by atoms with Crippen molar-refractivity contribution in [2.75, 3.05) is 17.2 Å². The largest absolute Gasteiger partial charge is 0.478 e. The second-order valence-electron chi connectivity index (χ2n) is 5.20. The Labute approximate surface area is 127 Å². The van der Waals surface area contributed by atoms with Gasteiger partial charge in [0, 0.05) is 25.6 Å². The summed E-state index contributed by atoms with van der Waals surface area (Å²) in [6.07, 6.45) is 0.354. The summed E-state index contributed by atoms with van der Waals surface area (Å²) in [5.74, 6) is -0.462. The number of carbonyl (C=O) groups is 3. The molecule has 5 nitrogen and oxygen atoms in total. The summed E-state index contributed by atoms with van der Waals surface area (Å²) in [6.45, 7) is 3.82. The summed E-state index contributed by atoms with van der Waals surface area (Å²) in [4.78, 5) is 36.0. The number of aromatic carboxylic acids is 1. The van der Waals surface area contributed by atoms with Crippen LogP contribution in [-0.2, 0) is 9.59 Å². The predicted molar refractivity (Wildman–Crippen MR) is 81.7 cm³/mol. The van der Waals surface area contributed by atoms with Gasteiger partial charge in [0.2, 0.25) is 5.91 Å². The van der Waals surface area contributed by atoms with Crippen LogP contribution < -0.4 is 4.90 Å². The molecule has 0 aliphatic carbocycles. The Hall–Kier alpha value is -1.82. The van der Waals surface area contributed by atoms with Crippen molar-refractivity contribution in [3.8, 4) is 0 Å². The second kappa shape index (κ2) is 6.30. The molecule has 1 fully saturated rings. The van der Waals surface area contributed by atoms with Crippen molar-refractivity contribution < 1.29 is 19.5 Å². The van der Waals surface area contributed by atoms with Gasteiger partial charge in [-0.3, -0.25) is 9.59 Å². The number of thioether (sulfide) groups is 1. The molecule has 1 atom stereocenters. The van der Waals surface area contributed by atoms with Gasteiger partial charge in [-0.15, -0.1) is 0 Å². The van der Waals surface area contributed by atoms with Gasteiger partial charge in [-0.1, -0.05) is 17.8 Å². The Morgan fingerprint density at radius 3 is 2.76 bits per heavy atom. The van der Waals surface area contributed by atoms with Crippen LogP contribution in [0.5, 0.6) is 0 Å². The van der Waals surface area contributed by atoms with Crippen molar-refractivity contribution in [3.05, 3.63) is 29.3 Å². The predicted octanol–water partition coefficient (Wildman–Crippen LogP) is 2.33. The van der Waals surface area contributed by atoms with Gasteiger partial charge in [-0.25, -0.2) is 4.79 Å². The molecule has 1 aromatic rings. The number of amides is 1. The Morgan fingerprint density at radius 2 is 2.14 bits per heavy atom. The minimum atomic E-state index is -1.04. The first-order valence-electron chi connectivity index (χ1n) is 6.66. The highest BCUT2D eigenvalue weighted by Crippen LogP contribution is 2.30. The second-order valence-corrected chi connectivity index (χ2v) is 6.40. The van der Waals surface area contributed by atoms with E-state index in [-0.39, 0.29) is 22.5 Å². The molecule has 0 saturated carbocycles. The van der Waals surface area contributed by atoms with Crippen molar-refractivity contribution in [2.45, 2.75) is 20.3 Å². The fourth-order valence-corrected chi connectivity index (χ4v) is 3.10. The molecule has 1 amide bonds. The zero-order valence-corrected chi connectivity index (χ0v) is 12.8. The van der Waals surface area contributed by atoms with Crippen LogP contribution in [0.3, 0.4) is 0 Å². The molecule has 1 aliphatic rings. The van der Waals surface area contributed by atoms with Crippen molar-refractivity contribution in [2.24, 2.45) is 5.92 Å². The summed E-state index contributed by atoms with van der Waals surface area (Å²) in [5.41, 5.74) is 1.49. The molecule has 21 heavy (non-hydrogen) atoms. The SMILES string of the molecule is CC(=O)SCC1CC(=O)N(c2cc(C)ccc2C(=O)O)C1. The first-order valence-corrected chi connectivity index (χ1v) is 7.64. The highest BCUT2D eigenvalue weighted by Gasteiger charge is 2.32. The molecule has 1 aliphatic heterocycles. The van der Waals surface area contributed by atoms with Crippen LogP contribution in [0.15, 0.2) is 18.2 Å². The molecule has 0 spiro atoms. The first kappa shape index (κ1) is 15.6. The van der Waals surface area contributed by atoms with Crippen LogP contribution in [0.2, 0.25) is 0 Å². The Morgan fingerprint density at radius 1 is 1.43 bits per heavy atom. The van der Waals surface area contributed by atoms with Crippen LogP contribution in [0.25, 0.3) is 0 Å². The van der Waals surface area contributed by atoms with E-state index < -0.39 is 5.97 Å². The lowest BCUT2D eigenvalue weighted by Crippen LogP contribution is -2.27. The number of carboxylic acids is 1. The molecule has 1 heterocycles. The number of hydrogen-bond acceptors (Lipinski definition) is 4. The number of aryl methyl sites for hydroxylation is 1. The van der Waals surface area contributed by atoms with E-state index in [1.165, 1.54) is 29.7 Å². The minimum Gasteiger partial charge on any atom is -0.478 e. The average molecular weight is 307 g/mol. The number of hydrogen-bond donors (Lipinski definition) is 1. The molecule has 1 saturated heterocycles. The maximum atomic E-state index is 12.2. The molecule has 0 bridgehead atoms. The maximum absolute atomic E-state index is 12.2. The van der Waals surface area contributed by atoms with E-state index >= 15 is 0 Å². The van der Waals surface area contributed by atoms with Gasteiger partial charge in [-0.05, 0) is 30.5 Å². The highest BCUT2D eigenvalue weighted by atomic mass is 32.2. The summed E-state index contributed by atoms with van der Waals surface area (Å²) in [5, 5.41) is 9.29. The summed E-state index contributed by atoms with van der Waals surface area (Å²) < 4.78 is 0. The summed E-state index contributed by atoms with van der Waals surface area (Å²) in [6, 6.07) is 4.97. The number of carboxylic acid groups (broad SMARTS) is 1. The van der Waals surface area contributed by atoms with E-state index in [4.69, 9.17) is 0 Å². The maximum Gasteiger partial charge on any atom is 0.337 e. The third-order valence-corrected chi connectivity index (χ3v) is 4.45.